The van der Waals surface area contributed by atoms with E-state index >= 15 is 0 Å². The normalized spacial score (nSPS) is 32.7. The third-order valence-corrected chi connectivity index (χ3v) is 8.09. The second kappa shape index (κ2) is 7.60. The van der Waals surface area contributed by atoms with Gasteiger partial charge in [-0.15, -0.1) is 0 Å². The Bertz CT molecular complexity index is 908. The van der Waals surface area contributed by atoms with Gasteiger partial charge in [-0.25, -0.2) is 0 Å². The third kappa shape index (κ3) is 4.05. The molecule has 2 saturated carbocycles. The Hall–Kier alpha value is -1.57. The van der Waals surface area contributed by atoms with Gasteiger partial charge in [0.25, 0.3) is 0 Å². The van der Waals surface area contributed by atoms with Gasteiger partial charge in [0.1, 0.15) is 0 Å². The Labute approximate surface area is 173 Å². The van der Waals surface area contributed by atoms with Crippen molar-refractivity contribution in [2.24, 2.45) is 22.7 Å². The number of allylic oxidation sites excluding steroid dienone is 1. The molecular formula is C22H32O6S. The maximum atomic E-state index is 11.4. The number of aliphatic hydroxyl groups excluding tert-OH is 1. The first-order valence-electron chi connectivity index (χ1n) is 10.2. The van der Waals surface area contributed by atoms with Crippen molar-refractivity contribution >= 4 is 10.4 Å². The largest absolute Gasteiger partial charge is 0.504 e. The molecule has 0 aliphatic heterocycles. The summed E-state index contributed by atoms with van der Waals surface area (Å²) < 4.78 is 36.7. The molecule has 0 saturated heterocycles. The molecule has 2 aliphatic carbocycles. The maximum absolute atomic E-state index is 11.4. The number of phenolic OH excluding ortho intramolecular Hbond substituents is 1. The Kier molecular flexibility index (Phi) is 5.80. The molecule has 0 aromatic heterocycles. The van der Waals surface area contributed by atoms with Crippen molar-refractivity contribution in [3.8, 4) is 11.5 Å². The molecule has 2 fully saturated rings. The molecule has 0 heterocycles. The third-order valence-electron chi connectivity index (χ3n) is 7.72. The molecule has 4 atom stereocenters. The van der Waals surface area contributed by atoms with Crippen LogP contribution < -0.4 is 4.18 Å². The average molecular weight is 425 g/mol. The first-order valence-corrected chi connectivity index (χ1v) is 11.6. The highest BCUT2D eigenvalue weighted by Crippen LogP contribution is 2.62. The molecular weight excluding hydrogens is 392 g/mol. The van der Waals surface area contributed by atoms with Crippen LogP contribution in [0.4, 0.5) is 0 Å². The van der Waals surface area contributed by atoms with Crippen LogP contribution in [0.2, 0.25) is 0 Å². The van der Waals surface area contributed by atoms with Crippen molar-refractivity contribution in [1.29, 1.82) is 0 Å². The molecule has 3 N–H and O–H groups in total. The fourth-order valence-corrected chi connectivity index (χ4v) is 6.24. The van der Waals surface area contributed by atoms with E-state index in [-0.39, 0.29) is 23.2 Å². The van der Waals surface area contributed by atoms with E-state index in [9.17, 15) is 23.2 Å². The van der Waals surface area contributed by atoms with Crippen LogP contribution in [0.1, 0.15) is 64.0 Å². The van der Waals surface area contributed by atoms with Gasteiger partial charge in [0, 0.05) is 5.56 Å². The maximum Gasteiger partial charge on any atom is 0.446 e. The molecule has 7 heteroatoms. The lowest BCUT2D eigenvalue weighted by Gasteiger charge is -2.59. The monoisotopic (exact) mass is 424 g/mol. The Morgan fingerprint density at radius 3 is 2.59 bits per heavy atom. The molecule has 3 rings (SSSR count). The van der Waals surface area contributed by atoms with Gasteiger partial charge in [-0.1, -0.05) is 32.9 Å². The van der Waals surface area contributed by atoms with Crippen molar-refractivity contribution in [3.05, 3.63) is 35.4 Å². The number of phenols is 1. The molecule has 6 nitrogen and oxygen atoms in total. The van der Waals surface area contributed by atoms with Crippen molar-refractivity contribution in [3.63, 3.8) is 0 Å². The minimum atomic E-state index is -4.80. The number of rotatable bonds is 5. The Balaban J connectivity index is 2.09. The van der Waals surface area contributed by atoms with Crippen molar-refractivity contribution in [1.82, 2.24) is 0 Å². The summed E-state index contributed by atoms with van der Waals surface area (Å²) >= 11 is 0. The van der Waals surface area contributed by atoms with E-state index < -0.39 is 16.1 Å². The summed E-state index contributed by atoms with van der Waals surface area (Å²) in [4.78, 5) is 0. The minimum absolute atomic E-state index is 0.0280. The molecule has 0 bridgehead atoms. The van der Waals surface area contributed by atoms with Crippen LogP contribution in [0.15, 0.2) is 24.3 Å². The quantitative estimate of drug-likeness (QED) is 0.478. The lowest BCUT2D eigenvalue weighted by molar-refractivity contribution is -0.0490. The van der Waals surface area contributed by atoms with E-state index in [1.54, 1.807) is 6.07 Å². The average Bonchev–Trinajstić information content (AvgIpc) is 2.62. The predicted octanol–water partition coefficient (Wildman–Crippen LogP) is 4.41. The fraction of sp³-hybridized carbons (Fsp3) is 0.636. The van der Waals surface area contributed by atoms with Gasteiger partial charge in [0.15, 0.2) is 11.5 Å². The van der Waals surface area contributed by atoms with Gasteiger partial charge in [0.2, 0.25) is 0 Å². The molecule has 1 aromatic rings. The number of fused-ring (bicyclic) bond motifs is 1. The van der Waals surface area contributed by atoms with Crippen LogP contribution in [0.25, 0.3) is 0 Å². The molecule has 1 aromatic carbocycles. The number of aliphatic hydroxyl groups is 1. The Morgan fingerprint density at radius 1 is 1.28 bits per heavy atom. The van der Waals surface area contributed by atoms with Gasteiger partial charge in [-0.2, -0.15) is 8.42 Å². The summed E-state index contributed by atoms with van der Waals surface area (Å²) in [5.74, 6) is 0.0515. The fourth-order valence-electron chi connectivity index (χ4n) is 5.84. The van der Waals surface area contributed by atoms with E-state index in [1.165, 1.54) is 11.6 Å². The molecule has 2 aliphatic rings. The molecule has 0 radical (unpaired) electrons. The smallest absolute Gasteiger partial charge is 0.446 e. The van der Waals surface area contributed by atoms with Crippen LogP contribution >= 0.6 is 0 Å². The number of benzene rings is 1. The van der Waals surface area contributed by atoms with Crippen molar-refractivity contribution in [2.75, 3.05) is 0 Å². The van der Waals surface area contributed by atoms with Crippen molar-refractivity contribution in [2.45, 2.75) is 65.9 Å². The highest BCUT2D eigenvalue weighted by molar-refractivity contribution is 7.81. The van der Waals surface area contributed by atoms with Crippen LogP contribution in [-0.4, -0.2) is 23.2 Å². The molecule has 1 unspecified atom stereocenters. The number of hydrogen-bond donors (Lipinski definition) is 3. The van der Waals surface area contributed by atoms with E-state index in [0.29, 0.717) is 29.4 Å². The summed E-state index contributed by atoms with van der Waals surface area (Å²) in [6.07, 6.45) is 5.77. The summed E-state index contributed by atoms with van der Waals surface area (Å²) in [6, 6.07) is 2.91. The Morgan fingerprint density at radius 2 is 1.97 bits per heavy atom. The number of aromatic hydroxyl groups is 1. The van der Waals surface area contributed by atoms with Gasteiger partial charge in [-0.3, -0.25) is 4.55 Å². The van der Waals surface area contributed by atoms with E-state index in [0.717, 1.165) is 32.1 Å². The zero-order valence-electron chi connectivity index (χ0n) is 17.4. The summed E-state index contributed by atoms with van der Waals surface area (Å²) in [5.41, 5.74) is 2.06. The number of hydrogen-bond acceptors (Lipinski definition) is 5. The van der Waals surface area contributed by atoms with Crippen molar-refractivity contribution < 1.29 is 27.4 Å². The van der Waals surface area contributed by atoms with Crippen LogP contribution in [0.5, 0.6) is 11.5 Å². The van der Waals surface area contributed by atoms with Gasteiger partial charge in [-0.05, 0) is 78.9 Å². The topological polar surface area (TPSA) is 104 Å². The molecule has 29 heavy (non-hydrogen) atoms. The lowest BCUT2D eigenvalue weighted by Crippen LogP contribution is -2.51. The molecule has 0 amide bonds. The summed E-state index contributed by atoms with van der Waals surface area (Å²) in [5, 5.41) is 19.9. The first-order chi connectivity index (χ1) is 13.4. The second-order valence-electron chi connectivity index (χ2n) is 9.36. The van der Waals surface area contributed by atoms with E-state index in [1.807, 2.05) is 0 Å². The summed E-state index contributed by atoms with van der Waals surface area (Å²) in [7, 11) is -4.80. The van der Waals surface area contributed by atoms with Crippen LogP contribution in [-0.2, 0) is 23.4 Å². The van der Waals surface area contributed by atoms with Crippen LogP contribution in [0.3, 0.4) is 0 Å². The zero-order valence-corrected chi connectivity index (χ0v) is 18.3. The van der Waals surface area contributed by atoms with Crippen LogP contribution in [0, 0.1) is 22.7 Å². The van der Waals surface area contributed by atoms with E-state index in [4.69, 9.17) is 4.18 Å². The van der Waals surface area contributed by atoms with E-state index in [2.05, 4.69) is 27.4 Å². The van der Waals surface area contributed by atoms with Gasteiger partial charge < -0.3 is 14.4 Å². The lowest BCUT2D eigenvalue weighted by atomic mass is 9.46. The predicted molar refractivity (Wildman–Crippen MR) is 111 cm³/mol. The second-order valence-corrected chi connectivity index (χ2v) is 10.4. The SMILES string of the molecule is C=C1CCCC2[C@](C)(Cc3cc(CO)cc(O)c3OS(=O)(=O)O)[C@@H](C)CC[C@]12C. The standard InChI is InChI=1S/C22H32O6S/c1-14-6-5-7-19-21(14,3)9-8-15(2)22(19,4)12-17-10-16(13-23)11-18(24)20(17)28-29(25,26)27/h10-11,15,19,23-24H,1,5-9,12-13H2,2-4H3,(H,25,26,27)/t15-,19?,21+,22+/m0/s1. The zero-order chi connectivity index (χ0) is 21.6. The van der Waals surface area contributed by atoms with Gasteiger partial charge in [0.05, 0.1) is 6.61 Å². The highest BCUT2D eigenvalue weighted by atomic mass is 32.3. The minimum Gasteiger partial charge on any atom is -0.504 e. The summed E-state index contributed by atoms with van der Waals surface area (Å²) in [6.45, 7) is 10.8. The first kappa shape index (κ1) is 22.1. The highest BCUT2D eigenvalue weighted by Gasteiger charge is 2.54. The van der Waals surface area contributed by atoms with Gasteiger partial charge >= 0.3 is 10.4 Å². The molecule has 162 valence electrons. The molecule has 0 spiro atoms.